The molecule has 0 aliphatic carbocycles. The van der Waals surface area contributed by atoms with Crippen LogP contribution in [-0.2, 0) is 0 Å². The van der Waals surface area contributed by atoms with E-state index in [1.165, 1.54) is 17.2 Å². The summed E-state index contributed by atoms with van der Waals surface area (Å²) in [4.78, 5) is 17.8. The topological polar surface area (TPSA) is 45.2 Å². The second kappa shape index (κ2) is 6.35. The fraction of sp³-hybridized carbons (Fsp3) is 0.250. The Bertz CT molecular complexity index is 658. The SMILES string of the molecule is CCNc1nccc(C(=O)N(C)c2cccc(C)c2)c1F. The van der Waals surface area contributed by atoms with Crippen molar-refractivity contribution in [3.8, 4) is 0 Å². The van der Waals surface area contributed by atoms with Gasteiger partial charge in [-0.15, -0.1) is 0 Å². The third kappa shape index (κ3) is 3.18. The Morgan fingerprint density at radius 3 is 2.81 bits per heavy atom. The summed E-state index contributed by atoms with van der Waals surface area (Å²) < 4.78 is 14.3. The molecule has 1 amide bonds. The number of carbonyl (C=O) groups is 1. The highest BCUT2D eigenvalue weighted by Gasteiger charge is 2.20. The van der Waals surface area contributed by atoms with E-state index in [-0.39, 0.29) is 11.4 Å². The molecule has 2 rings (SSSR count). The number of hydrogen-bond acceptors (Lipinski definition) is 3. The van der Waals surface area contributed by atoms with Gasteiger partial charge in [-0.1, -0.05) is 12.1 Å². The fourth-order valence-electron chi connectivity index (χ4n) is 2.03. The number of rotatable bonds is 4. The number of halogens is 1. The summed E-state index contributed by atoms with van der Waals surface area (Å²) in [6.07, 6.45) is 1.43. The third-order valence-electron chi connectivity index (χ3n) is 3.16. The van der Waals surface area contributed by atoms with Crippen LogP contribution >= 0.6 is 0 Å². The minimum absolute atomic E-state index is 0.00459. The average Bonchev–Trinajstić information content (AvgIpc) is 2.48. The first kappa shape index (κ1) is 15.0. The van der Waals surface area contributed by atoms with Gasteiger partial charge >= 0.3 is 0 Å². The summed E-state index contributed by atoms with van der Waals surface area (Å²) in [5, 5.41) is 2.80. The van der Waals surface area contributed by atoms with Crippen molar-refractivity contribution in [2.24, 2.45) is 0 Å². The van der Waals surface area contributed by atoms with Gasteiger partial charge in [0.15, 0.2) is 11.6 Å². The highest BCUT2D eigenvalue weighted by Crippen LogP contribution is 2.20. The van der Waals surface area contributed by atoms with Crippen molar-refractivity contribution in [1.29, 1.82) is 0 Å². The number of carbonyl (C=O) groups excluding carboxylic acids is 1. The maximum absolute atomic E-state index is 14.3. The lowest BCUT2D eigenvalue weighted by Gasteiger charge is -2.18. The van der Waals surface area contributed by atoms with E-state index in [2.05, 4.69) is 10.3 Å². The first-order valence-corrected chi connectivity index (χ1v) is 6.77. The Labute approximate surface area is 123 Å². The summed E-state index contributed by atoms with van der Waals surface area (Å²) in [6, 6.07) is 8.89. The molecule has 0 aliphatic rings. The van der Waals surface area contributed by atoms with Gasteiger partial charge in [-0.3, -0.25) is 4.79 Å². The first-order chi connectivity index (χ1) is 10.0. The van der Waals surface area contributed by atoms with E-state index in [0.29, 0.717) is 6.54 Å². The zero-order chi connectivity index (χ0) is 15.4. The van der Waals surface area contributed by atoms with Gasteiger partial charge in [0.25, 0.3) is 5.91 Å². The molecule has 110 valence electrons. The van der Waals surface area contributed by atoms with E-state index in [0.717, 1.165) is 11.3 Å². The van der Waals surface area contributed by atoms with Gasteiger partial charge in [-0.25, -0.2) is 9.37 Å². The maximum Gasteiger partial charge on any atom is 0.261 e. The number of nitrogens with one attached hydrogen (secondary N) is 1. The number of aryl methyl sites for hydroxylation is 1. The number of nitrogens with zero attached hydrogens (tertiary/aromatic N) is 2. The number of hydrogen-bond donors (Lipinski definition) is 1. The fourth-order valence-corrected chi connectivity index (χ4v) is 2.03. The molecule has 1 N–H and O–H groups in total. The van der Waals surface area contributed by atoms with Crippen molar-refractivity contribution in [2.75, 3.05) is 23.8 Å². The van der Waals surface area contributed by atoms with Crippen LogP contribution in [0.2, 0.25) is 0 Å². The summed E-state index contributed by atoms with van der Waals surface area (Å²) >= 11 is 0. The molecular weight excluding hydrogens is 269 g/mol. The van der Waals surface area contributed by atoms with E-state index in [9.17, 15) is 9.18 Å². The van der Waals surface area contributed by atoms with Crippen LogP contribution in [0.25, 0.3) is 0 Å². The van der Waals surface area contributed by atoms with E-state index >= 15 is 0 Å². The molecule has 1 aromatic heterocycles. The molecule has 0 saturated heterocycles. The molecule has 1 heterocycles. The van der Waals surface area contributed by atoms with Crippen molar-refractivity contribution in [3.05, 3.63) is 53.5 Å². The minimum atomic E-state index is -0.621. The quantitative estimate of drug-likeness (QED) is 0.939. The van der Waals surface area contributed by atoms with Crippen molar-refractivity contribution in [1.82, 2.24) is 4.98 Å². The van der Waals surface area contributed by atoms with Gasteiger partial charge in [0.05, 0.1) is 5.56 Å². The highest BCUT2D eigenvalue weighted by molar-refractivity contribution is 6.06. The van der Waals surface area contributed by atoms with Crippen LogP contribution < -0.4 is 10.2 Å². The van der Waals surface area contributed by atoms with Crippen LogP contribution in [0.3, 0.4) is 0 Å². The second-order valence-corrected chi connectivity index (χ2v) is 4.75. The number of benzene rings is 1. The zero-order valence-corrected chi connectivity index (χ0v) is 12.4. The van der Waals surface area contributed by atoms with Crippen molar-refractivity contribution >= 4 is 17.4 Å². The molecule has 21 heavy (non-hydrogen) atoms. The Kier molecular flexibility index (Phi) is 4.52. The van der Waals surface area contributed by atoms with Gasteiger partial charge < -0.3 is 10.2 Å². The van der Waals surface area contributed by atoms with Gasteiger partial charge in [0, 0.05) is 25.5 Å². The zero-order valence-electron chi connectivity index (χ0n) is 12.4. The van der Waals surface area contributed by atoms with Crippen molar-refractivity contribution < 1.29 is 9.18 Å². The minimum Gasteiger partial charge on any atom is -0.368 e. The smallest absolute Gasteiger partial charge is 0.261 e. The maximum atomic E-state index is 14.3. The first-order valence-electron chi connectivity index (χ1n) is 6.77. The van der Waals surface area contributed by atoms with Gasteiger partial charge in [-0.05, 0) is 37.6 Å². The lowest BCUT2D eigenvalue weighted by molar-refractivity contribution is 0.0989. The van der Waals surface area contributed by atoms with E-state index in [4.69, 9.17) is 0 Å². The Morgan fingerprint density at radius 2 is 2.14 bits per heavy atom. The second-order valence-electron chi connectivity index (χ2n) is 4.75. The van der Waals surface area contributed by atoms with E-state index in [1.807, 2.05) is 38.1 Å². The predicted octanol–water partition coefficient (Wildman–Crippen LogP) is 3.24. The third-order valence-corrected chi connectivity index (χ3v) is 3.16. The molecular formula is C16H18FN3O. The molecule has 0 fully saturated rings. The molecule has 0 spiro atoms. The normalized spacial score (nSPS) is 10.3. The van der Waals surface area contributed by atoms with Crippen LogP contribution in [0.5, 0.6) is 0 Å². The van der Waals surface area contributed by atoms with Gasteiger partial charge in [0.1, 0.15) is 0 Å². The Morgan fingerprint density at radius 1 is 1.38 bits per heavy atom. The van der Waals surface area contributed by atoms with Gasteiger partial charge in [0.2, 0.25) is 0 Å². The Balaban J connectivity index is 2.33. The van der Waals surface area contributed by atoms with Crippen molar-refractivity contribution in [3.63, 3.8) is 0 Å². The number of anilines is 2. The molecule has 0 bridgehead atoms. The lowest BCUT2D eigenvalue weighted by Crippen LogP contribution is -2.27. The summed E-state index contributed by atoms with van der Waals surface area (Å²) in [5.41, 5.74) is 1.77. The van der Waals surface area contributed by atoms with Crippen LogP contribution in [0.4, 0.5) is 15.9 Å². The molecule has 4 nitrogen and oxygen atoms in total. The van der Waals surface area contributed by atoms with Crippen LogP contribution in [0.1, 0.15) is 22.8 Å². The Hall–Kier alpha value is -2.43. The van der Waals surface area contributed by atoms with E-state index in [1.54, 1.807) is 7.05 Å². The molecule has 2 aromatic rings. The van der Waals surface area contributed by atoms with Crippen LogP contribution in [-0.4, -0.2) is 24.5 Å². The monoisotopic (exact) mass is 287 g/mol. The largest absolute Gasteiger partial charge is 0.368 e. The molecule has 0 radical (unpaired) electrons. The van der Waals surface area contributed by atoms with Crippen LogP contribution in [0, 0.1) is 12.7 Å². The predicted molar refractivity (Wildman–Crippen MR) is 82.3 cm³/mol. The number of amides is 1. The molecule has 5 heteroatoms. The summed E-state index contributed by atoms with van der Waals surface area (Å²) in [6.45, 7) is 4.32. The molecule has 0 saturated carbocycles. The van der Waals surface area contributed by atoms with Gasteiger partial charge in [-0.2, -0.15) is 0 Å². The standard InChI is InChI=1S/C16H18FN3O/c1-4-18-15-14(17)13(8-9-19-15)16(21)20(3)12-7-5-6-11(2)10-12/h5-10H,4H2,1-3H3,(H,18,19). The molecule has 0 atom stereocenters. The lowest BCUT2D eigenvalue weighted by atomic mass is 10.1. The molecule has 0 unspecified atom stereocenters. The van der Waals surface area contributed by atoms with Crippen LogP contribution in [0.15, 0.2) is 36.5 Å². The average molecular weight is 287 g/mol. The summed E-state index contributed by atoms with van der Waals surface area (Å²) in [5.74, 6) is -0.926. The molecule has 1 aromatic carbocycles. The van der Waals surface area contributed by atoms with E-state index < -0.39 is 11.7 Å². The summed E-state index contributed by atoms with van der Waals surface area (Å²) in [7, 11) is 1.63. The highest BCUT2D eigenvalue weighted by atomic mass is 19.1. The number of aromatic nitrogens is 1. The number of pyridine rings is 1. The van der Waals surface area contributed by atoms with Crippen molar-refractivity contribution in [2.45, 2.75) is 13.8 Å². The molecule has 0 aliphatic heterocycles.